The van der Waals surface area contributed by atoms with Crippen LogP contribution in [-0.2, 0) is 0 Å². The Balaban J connectivity index is 3.07. The van der Waals surface area contributed by atoms with Gasteiger partial charge in [-0.05, 0) is 17.7 Å². The molecule has 0 amide bonds. The number of benzene rings is 1. The van der Waals surface area contributed by atoms with Crippen molar-refractivity contribution in [2.75, 3.05) is 6.61 Å². The van der Waals surface area contributed by atoms with Gasteiger partial charge in [-0.2, -0.15) is 5.26 Å². The second kappa shape index (κ2) is 4.01. The molecule has 0 bridgehead atoms. The quantitative estimate of drug-likeness (QED) is 0.752. The van der Waals surface area contributed by atoms with Crippen LogP contribution in [0.5, 0.6) is 0 Å². The van der Waals surface area contributed by atoms with Gasteiger partial charge in [0.15, 0.2) is 0 Å². The molecule has 13 heavy (non-hydrogen) atoms. The van der Waals surface area contributed by atoms with Crippen LogP contribution in [0.3, 0.4) is 0 Å². The summed E-state index contributed by atoms with van der Waals surface area (Å²) >= 11 is 0. The minimum absolute atomic E-state index is 0.0944. The zero-order valence-corrected chi connectivity index (χ0v) is 7.29. The Kier molecular flexibility index (Phi) is 2.99. The number of hydrogen-bond donors (Lipinski definition) is 1. The topological polar surface area (TPSA) is 44.0 Å². The maximum Gasteiger partial charge on any atom is 0.128 e. The van der Waals surface area contributed by atoms with Crippen molar-refractivity contribution in [2.45, 2.75) is 12.8 Å². The number of hydrogen-bond acceptors (Lipinski definition) is 2. The molecule has 0 spiro atoms. The van der Waals surface area contributed by atoms with E-state index in [1.165, 1.54) is 12.1 Å². The number of aliphatic hydroxyl groups excluding tert-OH is 1. The van der Waals surface area contributed by atoms with E-state index < -0.39 is 5.82 Å². The van der Waals surface area contributed by atoms with E-state index >= 15 is 0 Å². The van der Waals surface area contributed by atoms with Crippen molar-refractivity contribution in [3.63, 3.8) is 0 Å². The van der Waals surface area contributed by atoms with E-state index in [0.717, 1.165) is 0 Å². The molecular weight excluding hydrogens is 169 g/mol. The summed E-state index contributed by atoms with van der Waals surface area (Å²) in [4.78, 5) is 0. The number of aliphatic hydroxyl groups is 1. The van der Waals surface area contributed by atoms with Crippen LogP contribution in [0.15, 0.2) is 18.2 Å². The van der Waals surface area contributed by atoms with Gasteiger partial charge in [-0.3, -0.25) is 0 Å². The van der Waals surface area contributed by atoms with E-state index in [1.54, 1.807) is 13.0 Å². The number of nitrogens with zero attached hydrogens (tertiary/aromatic N) is 1. The van der Waals surface area contributed by atoms with Gasteiger partial charge in [0.2, 0.25) is 0 Å². The summed E-state index contributed by atoms with van der Waals surface area (Å²) in [5.41, 5.74) is 0.743. The molecule has 0 aliphatic rings. The van der Waals surface area contributed by atoms with Crippen molar-refractivity contribution in [3.8, 4) is 6.07 Å². The fourth-order valence-corrected chi connectivity index (χ4v) is 1.09. The SMILES string of the molecule is C[C@H](CO)c1ccc(C#N)cc1F. The maximum atomic E-state index is 13.2. The van der Waals surface area contributed by atoms with Crippen LogP contribution >= 0.6 is 0 Å². The lowest BCUT2D eigenvalue weighted by Crippen LogP contribution is -2.01. The Hall–Kier alpha value is -1.40. The van der Waals surface area contributed by atoms with Crippen molar-refractivity contribution in [1.82, 2.24) is 0 Å². The van der Waals surface area contributed by atoms with E-state index in [0.29, 0.717) is 11.1 Å². The van der Waals surface area contributed by atoms with Gasteiger partial charge in [-0.15, -0.1) is 0 Å². The minimum Gasteiger partial charge on any atom is -0.396 e. The highest BCUT2D eigenvalue weighted by Crippen LogP contribution is 2.19. The number of rotatable bonds is 2. The summed E-state index contributed by atoms with van der Waals surface area (Å²) in [5.74, 6) is -0.659. The molecule has 3 heteroatoms. The minimum atomic E-state index is -0.430. The third kappa shape index (κ3) is 2.04. The van der Waals surface area contributed by atoms with E-state index in [2.05, 4.69) is 0 Å². The van der Waals surface area contributed by atoms with Gasteiger partial charge in [0.05, 0.1) is 11.6 Å². The molecule has 0 aliphatic carbocycles. The van der Waals surface area contributed by atoms with Crippen LogP contribution in [0.2, 0.25) is 0 Å². The van der Waals surface area contributed by atoms with Crippen molar-refractivity contribution in [1.29, 1.82) is 5.26 Å². The summed E-state index contributed by atoms with van der Waals surface area (Å²) in [7, 11) is 0. The van der Waals surface area contributed by atoms with Crippen LogP contribution in [0.1, 0.15) is 24.0 Å². The van der Waals surface area contributed by atoms with Gasteiger partial charge >= 0.3 is 0 Å². The van der Waals surface area contributed by atoms with Crippen LogP contribution in [0, 0.1) is 17.1 Å². The largest absolute Gasteiger partial charge is 0.396 e. The molecule has 1 aromatic carbocycles. The summed E-state index contributed by atoms with van der Waals surface area (Å²) in [6, 6.07) is 6.11. The first kappa shape index (κ1) is 9.69. The molecule has 1 aromatic rings. The molecule has 0 heterocycles. The Morgan fingerprint density at radius 2 is 2.31 bits per heavy atom. The highest BCUT2D eigenvalue weighted by atomic mass is 19.1. The smallest absolute Gasteiger partial charge is 0.128 e. The summed E-state index contributed by atoms with van der Waals surface area (Å²) in [6.45, 7) is 1.63. The summed E-state index contributed by atoms with van der Waals surface area (Å²) < 4.78 is 13.2. The lowest BCUT2D eigenvalue weighted by molar-refractivity contribution is 0.270. The van der Waals surface area contributed by atoms with Crippen molar-refractivity contribution < 1.29 is 9.50 Å². The van der Waals surface area contributed by atoms with Gasteiger partial charge in [0.1, 0.15) is 5.82 Å². The first-order valence-electron chi connectivity index (χ1n) is 3.99. The molecular formula is C10H10FNO. The van der Waals surface area contributed by atoms with Gasteiger partial charge in [-0.25, -0.2) is 4.39 Å². The van der Waals surface area contributed by atoms with Crippen LogP contribution in [0.25, 0.3) is 0 Å². The molecule has 0 radical (unpaired) electrons. The third-order valence-corrected chi connectivity index (χ3v) is 1.93. The second-order valence-electron chi connectivity index (χ2n) is 2.93. The molecule has 0 saturated carbocycles. The van der Waals surface area contributed by atoms with E-state index in [9.17, 15) is 4.39 Å². The molecule has 1 N–H and O–H groups in total. The Bertz CT molecular complexity index is 343. The fourth-order valence-electron chi connectivity index (χ4n) is 1.09. The predicted octanol–water partition coefficient (Wildman–Crippen LogP) is 1.79. The first-order chi connectivity index (χ1) is 6.19. The van der Waals surface area contributed by atoms with Gasteiger partial charge in [-0.1, -0.05) is 13.0 Å². The second-order valence-corrected chi connectivity index (χ2v) is 2.93. The van der Waals surface area contributed by atoms with Crippen LogP contribution in [0.4, 0.5) is 4.39 Å². The normalized spacial score (nSPS) is 12.2. The highest BCUT2D eigenvalue weighted by Gasteiger charge is 2.09. The van der Waals surface area contributed by atoms with E-state index in [-0.39, 0.29) is 12.5 Å². The summed E-state index contributed by atoms with van der Waals surface area (Å²) in [6.07, 6.45) is 0. The molecule has 0 saturated heterocycles. The molecule has 0 aliphatic heterocycles. The molecule has 0 unspecified atom stereocenters. The molecule has 0 aromatic heterocycles. The van der Waals surface area contributed by atoms with E-state index in [1.807, 2.05) is 6.07 Å². The standard InChI is InChI=1S/C10H10FNO/c1-7(6-13)9-3-2-8(5-12)4-10(9)11/h2-4,7,13H,6H2,1H3/t7-/m1/s1. The number of halogens is 1. The Morgan fingerprint density at radius 1 is 1.62 bits per heavy atom. The Labute approximate surface area is 76.2 Å². The van der Waals surface area contributed by atoms with Gasteiger partial charge < -0.3 is 5.11 Å². The molecule has 0 fully saturated rings. The van der Waals surface area contributed by atoms with Gasteiger partial charge in [0.25, 0.3) is 0 Å². The third-order valence-electron chi connectivity index (χ3n) is 1.93. The van der Waals surface area contributed by atoms with Gasteiger partial charge in [0, 0.05) is 12.5 Å². The zero-order valence-electron chi connectivity index (χ0n) is 7.29. The Morgan fingerprint density at radius 3 is 2.77 bits per heavy atom. The fraction of sp³-hybridized carbons (Fsp3) is 0.300. The average molecular weight is 179 g/mol. The highest BCUT2D eigenvalue weighted by molar-refractivity contribution is 5.34. The molecule has 68 valence electrons. The van der Waals surface area contributed by atoms with Crippen LogP contribution < -0.4 is 0 Å². The average Bonchev–Trinajstić information content (AvgIpc) is 2.16. The molecule has 1 rings (SSSR count). The van der Waals surface area contributed by atoms with Crippen molar-refractivity contribution in [2.24, 2.45) is 0 Å². The van der Waals surface area contributed by atoms with Crippen LogP contribution in [-0.4, -0.2) is 11.7 Å². The van der Waals surface area contributed by atoms with E-state index in [4.69, 9.17) is 10.4 Å². The maximum absolute atomic E-state index is 13.2. The number of nitriles is 1. The lowest BCUT2D eigenvalue weighted by Gasteiger charge is -2.08. The first-order valence-corrected chi connectivity index (χ1v) is 3.99. The monoisotopic (exact) mass is 179 g/mol. The zero-order chi connectivity index (χ0) is 9.84. The van der Waals surface area contributed by atoms with Crippen molar-refractivity contribution >= 4 is 0 Å². The van der Waals surface area contributed by atoms with Crippen molar-refractivity contribution in [3.05, 3.63) is 35.1 Å². The molecule has 2 nitrogen and oxygen atoms in total. The summed E-state index contributed by atoms with van der Waals surface area (Å²) in [5, 5.41) is 17.3. The lowest BCUT2D eigenvalue weighted by atomic mass is 10.0. The predicted molar refractivity (Wildman–Crippen MR) is 46.6 cm³/mol. The molecule has 1 atom stereocenters.